The molecule has 2 aromatic carbocycles. The summed E-state index contributed by atoms with van der Waals surface area (Å²) >= 11 is 0. The van der Waals surface area contributed by atoms with E-state index in [1.807, 2.05) is 0 Å². The first kappa shape index (κ1) is 17.7. The first-order valence-electron chi connectivity index (χ1n) is 8.81. The van der Waals surface area contributed by atoms with Crippen LogP contribution >= 0.6 is 0 Å². The Morgan fingerprint density at radius 3 is 2.29 bits per heavy atom. The van der Waals surface area contributed by atoms with E-state index in [-0.39, 0.29) is 22.8 Å². The van der Waals surface area contributed by atoms with Crippen molar-refractivity contribution in [2.75, 3.05) is 31.1 Å². The number of benzene rings is 2. The average Bonchev–Trinajstić information content (AvgIpc) is 2.74. The zero-order valence-electron chi connectivity index (χ0n) is 14.9. The number of piperazine rings is 1. The van der Waals surface area contributed by atoms with Gasteiger partial charge in [-0.1, -0.05) is 18.2 Å². The van der Waals surface area contributed by atoms with Gasteiger partial charge in [-0.3, -0.25) is 19.7 Å². The van der Waals surface area contributed by atoms with Gasteiger partial charge in [-0.2, -0.15) is 5.10 Å². The Labute approximate surface area is 159 Å². The van der Waals surface area contributed by atoms with Gasteiger partial charge in [-0.15, -0.1) is 0 Å². The minimum Gasteiger partial charge on any atom is -0.368 e. The molecule has 9 heteroatoms. The van der Waals surface area contributed by atoms with Gasteiger partial charge in [0.05, 0.1) is 10.3 Å². The first-order chi connectivity index (χ1) is 13.5. The summed E-state index contributed by atoms with van der Waals surface area (Å²) in [6.45, 7) is 2.19. The lowest BCUT2D eigenvalue weighted by Gasteiger charge is -2.36. The number of carbonyl (C=O) groups is 1. The molecule has 0 bridgehead atoms. The molecule has 142 valence electrons. The van der Waals surface area contributed by atoms with Gasteiger partial charge >= 0.3 is 0 Å². The summed E-state index contributed by atoms with van der Waals surface area (Å²) in [5.41, 5.74) is 0.841. The van der Waals surface area contributed by atoms with Crippen molar-refractivity contribution in [3.63, 3.8) is 0 Å². The average molecular weight is 379 g/mol. The largest absolute Gasteiger partial charge is 0.368 e. The first-order valence-corrected chi connectivity index (χ1v) is 8.81. The molecule has 3 aromatic rings. The number of hydrogen-bond acceptors (Lipinski definition) is 6. The van der Waals surface area contributed by atoms with Gasteiger partial charge < -0.3 is 9.80 Å². The fourth-order valence-electron chi connectivity index (χ4n) is 3.38. The molecule has 0 saturated carbocycles. The third-order valence-electron chi connectivity index (χ3n) is 4.89. The number of fused-ring (bicyclic) bond motifs is 1. The lowest BCUT2D eigenvalue weighted by atomic mass is 10.1. The van der Waals surface area contributed by atoms with E-state index in [0.717, 1.165) is 5.69 Å². The van der Waals surface area contributed by atoms with Gasteiger partial charge in [0, 0.05) is 49.4 Å². The molecule has 0 aliphatic carbocycles. The van der Waals surface area contributed by atoms with Crippen LogP contribution in [0.15, 0.2) is 53.3 Å². The highest BCUT2D eigenvalue weighted by Crippen LogP contribution is 2.21. The normalized spacial score (nSPS) is 14.3. The summed E-state index contributed by atoms with van der Waals surface area (Å²) in [5, 5.41) is 18.1. The minimum absolute atomic E-state index is 0.0496. The number of rotatable bonds is 3. The molecule has 4 rings (SSSR count). The van der Waals surface area contributed by atoms with Crippen LogP contribution in [0.4, 0.5) is 11.4 Å². The Morgan fingerprint density at radius 2 is 1.64 bits per heavy atom. The third-order valence-corrected chi connectivity index (χ3v) is 4.89. The highest BCUT2D eigenvalue weighted by molar-refractivity contribution is 6.04. The number of nitrogens with one attached hydrogen (secondary N) is 1. The SMILES string of the molecule is O=C(c1n[nH]c(=O)c2ccccc12)N1CCN(c2ccc([N+](=O)[O-])cc2)CC1. The van der Waals surface area contributed by atoms with Crippen molar-refractivity contribution < 1.29 is 9.72 Å². The van der Waals surface area contributed by atoms with Crippen LogP contribution in [0.3, 0.4) is 0 Å². The van der Waals surface area contributed by atoms with Crippen molar-refractivity contribution in [3.8, 4) is 0 Å². The fourth-order valence-corrected chi connectivity index (χ4v) is 3.38. The molecule has 9 nitrogen and oxygen atoms in total. The van der Waals surface area contributed by atoms with Crippen LogP contribution in [0, 0.1) is 10.1 Å². The fraction of sp³-hybridized carbons (Fsp3) is 0.211. The van der Waals surface area contributed by atoms with E-state index in [9.17, 15) is 19.7 Å². The van der Waals surface area contributed by atoms with Crippen LogP contribution in [0.2, 0.25) is 0 Å². The monoisotopic (exact) mass is 379 g/mol. The Hall–Kier alpha value is -3.75. The van der Waals surface area contributed by atoms with Crippen LogP contribution in [0.1, 0.15) is 10.5 Å². The third kappa shape index (κ3) is 3.18. The van der Waals surface area contributed by atoms with E-state index < -0.39 is 4.92 Å². The predicted octanol–water partition coefficient (Wildman–Crippen LogP) is 1.79. The molecule has 0 spiro atoms. The van der Waals surface area contributed by atoms with Gasteiger partial charge in [0.25, 0.3) is 17.2 Å². The molecule has 1 N–H and O–H groups in total. The van der Waals surface area contributed by atoms with Crippen LogP contribution in [0.25, 0.3) is 10.8 Å². The van der Waals surface area contributed by atoms with Crippen LogP contribution in [-0.4, -0.2) is 52.1 Å². The van der Waals surface area contributed by atoms with Crippen molar-refractivity contribution in [2.24, 2.45) is 0 Å². The number of carbonyl (C=O) groups excluding carboxylic acids is 1. The maximum Gasteiger partial charge on any atom is 0.275 e. The number of nitro groups is 1. The van der Waals surface area contributed by atoms with Crippen molar-refractivity contribution in [2.45, 2.75) is 0 Å². The standard InChI is InChI=1S/C19H17N5O4/c25-18-16-4-2-1-3-15(16)17(20-21-18)19(26)23-11-9-22(10-12-23)13-5-7-14(8-6-13)24(27)28/h1-8H,9-12H2,(H,21,25). The molecule has 1 saturated heterocycles. The van der Waals surface area contributed by atoms with Gasteiger partial charge in [0.1, 0.15) is 0 Å². The number of aromatic amines is 1. The van der Waals surface area contributed by atoms with Crippen LogP contribution in [0.5, 0.6) is 0 Å². The number of H-pyrrole nitrogens is 1. The van der Waals surface area contributed by atoms with Gasteiger partial charge in [-0.25, -0.2) is 5.10 Å². The molecular weight excluding hydrogens is 362 g/mol. The minimum atomic E-state index is -0.429. The Balaban J connectivity index is 1.50. The molecule has 0 radical (unpaired) electrons. The predicted molar refractivity (Wildman–Crippen MR) is 104 cm³/mol. The molecule has 1 amide bonds. The van der Waals surface area contributed by atoms with E-state index in [4.69, 9.17) is 0 Å². The second-order valence-corrected chi connectivity index (χ2v) is 6.50. The van der Waals surface area contributed by atoms with E-state index in [0.29, 0.717) is 37.0 Å². The molecule has 1 fully saturated rings. The molecule has 0 atom stereocenters. The molecule has 1 aliphatic heterocycles. The number of hydrogen-bond donors (Lipinski definition) is 1. The second kappa shape index (κ2) is 7.10. The highest BCUT2D eigenvalue weighted by atomic mass is 16.6. The van der Waals surface area contributed by atoms with Crippen molar-refractivity contribution in [1.29, 1.82) is 0 Å². The van der Waals surface area contributed by atoms with Gasteiger partial charge in [0.2, 0.25) is 0 Å². The molecule has 1 aromatic heterocycles. The van der Waals surface area contributed by atoms with Crippen LogP contribution in [-0.2, 0) is 0 Å². The number of aromatic nitrogens is 2. The molecule has 2 heterocycles. The van der Waals surface area contributed by atoms with E-state index in [2.05, 4.69) is 15.1 Å². The van der Waals surface area contributed by atoms with Gasteiger partial charge in [-0.05, 0) is 18.2 Å². The lowest BCUT2D eigenvalue weighted by Crippen LogP contribution is -2.49. The second-order valence-electron chi connectivity index (χ2n) is 6.50. The molecule has 0 unspecified atom stereocenters. The zero-order valence-corrected chi connectivity index (χ0v) is 14.9. The Morgan fingerprint density at radius 1 is 1.00 bits per heavy atom. The van der Waals surface area contributed by atoms with Crippen molar-refractivity contribution in [1.82, 2.24) is 15.1 Å². The van der Waals surface area contributed by atoms with E-state index in [1.54, 1.807) is 41.3 Å². The Bertz CT molecular complexity index is 1100. The maximum atomic E-state index is 12.9. The quantitative estimate of drug-likeness (QED) is 0.548. The Kier molecular flexibility index (Phi) is 4.48. The number of nitrogens with zero attached hydrogens (tertiary/aromatic N) is 4. The number of nitro benzene ring substituents is 1. The van der Waals surface area contributed by atoms with E-state index >= 15 is 0 Å². The van der Waals surface area contributed by atoms with Crippen LogP contribution < -0.4 is 10.5 Å². The summed E-state index contributed by atoms with van der Waals surface area (Å²) in [7, 11) is 0. The van der Waals surface area contributed by atoms with Crippen molar-refractivity contribution in [3.05, 3.63) is 74.7 Å². The summed E-state index contributed by atoms with van der Waals surface area (Å²) in [6, 6.07) is 13.3. The summed E-state index contributed by atoms with van der Waals surface area (Å²) < 4.78 is 0. The summed E-state index contributed by atoms with van der Waals surface area (Å²) in [4.78, 5) is 39.0. The number of anilines is 1. The summed E-state index contributed by atoms with van der Waals surface area (Å²) in [5.74, 6) is -0.226. The number of non-ortho nitro benzene ring substituents is 1. The topological polar surface area (TPSA) is 112 Å². The summed E-state index contributed by atoms with van der Waals surface area (Å²) in [6.07, 6.45) is 0. The highest BCUT2D eigenvalue weighted by Gasteiger charge is 2.25. The zero-order chi connectivity index (χ0) is 19.7. The molecular formula is C19H17N5O4. The van der Waals surface area contributed by atoms with E-state index in [1.165, 1.54) is 12.1 Å². The lowest BCUT2D eigenvalue weighted by molar-refractivity contribution is -0.384. The van der Waals surface area contributed by atoms with Gasteiger partial charge in [0.15, 0.2) is 5.69 Å². The smallest absolute Gasteiger partial charge is 0.275 e. The van der Waals surface area contributed by atoms with Crippen molar-refractivity contribution >= 4 is 28.1 Å². The number of amides is 1. The molecule has 28 heavy (non-hydrogen) atoms. The molecule has 1 aliphatic rings. The maximum absolute atomic E-state index is 12.9.